The van der Waals surface area contributed by atoms with E-state index in [1.807, 2.05) is 0 Å². The van der Waals surface area contributed by atoms with Crippen molar-refractivity contribution in [2.45, 2.75) is 10.9 Å². The predicted octanol–water partition coefficient (Wildman–Crippen LogP) is 0.0655. The van der Waals surface area contributed by atoms with Crippen LogP contribution in [0.3, 0.4) is 0 Å². The highest BCUT2D eigenvalue weighted by Crippen LogP contribution is 2.25. The monoisotopic (exact) mass is 275 g/mol. The van der Waals surface area contributed by atoms with Crippen molar-refractivity contribution in [1.82, 2.24) is 4.31 Å². The molecule has 0 radical (unpaired) electrons. The molecule has 0 aliphatic carbocycles. The summed E-state index contributed by atoms with van der Waals surface area (Å²) in [6.07, 6.45) is 0. The van der Waals surface area contributed by atoms with Crippen LogP contribution in [-0.4, -0.2) is 36.8 Å². The Morgan fingerprint density at radius 3 is 2.50 bits per heavy atom. The minimum Gasteiger partial charge on any atom is -0.325 e. The minimum absolute atomic E-state index is 0.168. The average molecular weight is 275 g/mol. The van der Waals surface area contributed by atoms with Crippen LogP contribution < -0.4 is 5.73 Å². The van der Waals surface area contributed by atoms with Crippen LogP contribution in [0.2, 0.25) is 0 Å². The molecule has 1 heterocycles. The van der Waals surface area contributed by atoms with Crippen molar-refractivity contribution in [3.05, 3.63) is 34.1 Å². The molecule has 1 saturated heterocycles. The van der Waals surface area contributed by atoms with Gasteiger partial charge in [-0.25, -0.2) is 8.42 Å². The number of halogens is 1. The van der Waals surface area contributed by atoms with Gasteiger partial charge in [-0.05, 0) is 6.07 Å². The quantitative estimate of drug-likeness (QED) is 0.620. The lowest BCUT2D eigenvalue weighted by Crippen LogP contribution is -2.57. The van der Waals surface area contributed by atoms with Crippen LogP contribution in [0.4, 0.5) is 10.1 Å². The van der Waals surface area contributed by atoms with Crippen LogP contribution in [0.5, 0.6) is 0 Å². The van der Waals surface area contributed by atoms with E-state index < -0.39 is 26.5 Å². The highest BCUT2D eigenvalue weighted by Gasteiger charge is 2.35. The van der Waals surface area contributed by atoms with E-state index in [9.17, 15) is 22.9 Å². The molecule has 2 N–H and O–H groups in total. The average Bonchev–Trinajstić information content (AvgIpc) is 2.24. The summed E-state index contributed by atoms with van der Waals surface area (Å²) >= 11 is 0. The Morgan fingerprint density at radius 1 is 1.44 bits per heavy atom. The number of nitrogens with zero attached hydrogens (tertiary/aromatic N) is 2. The first kappa shape index (κ1) is 12.9. The summed E-state index contributed by atoms with van der Waals surface area (Å²) in [5.74, 6) is -1.18. The Balaban J connectivity index is 2.35. The topological polar surface area (TPSA) is 107 Å². The SMILES string of the molecule is NC1CN(S(=O)(=O)c2ccc([N+](=O)[O-])c(F)c2)C1. The van der Waals surface area contributed by atoms with E-state index in [0.717, 1.165) is 16.4 Å². The molecule has 7 nitrogen and oxygen atoms in total. The fourth-order valence-corrected chi connectivity index (χ4v) is 3.18. The van der Waals surface area contributed by atoms with E-state index in [-0.39, 0.29) is 24.0 Å². The standard InChI is InChI=1S/C9H10FN3O4S/c10-8-3-7(1-2-9(8)13(14)15)18(16,17)12-4-6(11)5-12/h1-3,6H,4-5,11H2. The maximum absolute atomic E-state index is 13.3. The summed E-state index contributed by atoms with van der Waals surface area (Å²) in [6, 6.07) is 2.28. The molecule has 1 aliphatic heterocycles. The first-order valence-electron chi connectivity index (χ1n) is 5.02. The molecule has 0 saturated carbocycles. The van der Waals surface area contributed by atoms with Gasteiger partial charge in [-0.1, -0.05) is 0 Å². The van der Waals surface area contributed by atoms with Gasteiger partial charge < -0.3 is 5.73 Å². The lowest BCUT2D eigenvalue weighted by atomic mass is 10.2. The highest BCUT2D eigenvalue weighted by atomic mass is 32.2. The third-order valence-electron chi connectivity index (χ3n) is 2.63. The van der Waals surface area contributed by atoms with Crippen LogP contribution in [0.25, 0.3) is 0 Å². The number of nitrogens with two attached hydrogens (primary N) is 1. The Hall–Kier alpha value is -1.58. The summed E-state index contributed by atoms with van der Waals surface area (Å²) in [6.45, 7) is 0.335. The molecular weight excluding hydrogens is 265 g/mol. The molecular formula is C9H10FN3O4S. The van der Waals surface area contributed by atoms with Gasteiger partial charge in [0.05, 0.1) is 9.82 Å². The molecule has 9 heteroatoms. The molecule has 1 aromatic rings. The molecule has 0 amide bonds. The van der Waals surface area contributed by atoms with Gasteiger partial charge in [0.2, 0.25) is 15.8 Å². The second-order valence-electron chi connectivity index (χ2n) is 3.95. The molecule has 0 spiro atoms. The molecule has 2 rings (SSSR count). The van der Waals surface area contributed by atoms with Crippen molar-refractivity contribution in [3.63, 3.8) is 0 Å². The van der Waals surface area contributed by atoms with Crippen molar-refractivity contribution in [2.75, 3.05) is 13.1 Å². The summed E-state index contributed by atoms with van der Waals surface area (Å²) in [4.78, 5) is 9.20. The predicted molar refractivity (Wildman–Crippen MR) is 59.8 cm³/mol. The summed E-state index contributed by atoms with van der Waals surface area (Å²) < 4.78 is 38.3. The van der Waals surface area contributed by atoms with Gasteiger partial charge in [0.15, 0.2) is 0 Å². The lowest BCUT2D eigenvalue weighted by Gasteiger charge is -2.35. The Labute approximate surface area is 102 Å². The fraction of sp³-hybridized carbons (Fsp3) is 0.333. The largest absolute Gasteiger partial charge is 0.325 e. The van der Waals surface area contributed by atoms with Crippen molar-refractivity contribution in [2.24, 2.45) is 5.73 Å². The number of nitro groups is 1. The zero-order chi connectivity index (χ0) is 13.5. The van der Waals surface area contributed by atoms with Crippen molar-refractivity contribution >= 4 is 15.7 Å². The van der Waals surface area contributed by atoms with E-state index in [1.54, 1.807) is 0 Å². The summed E-state index contributed by atoms with van der Waals surface area (Å²) in [5, 5.41) is 10.4. The van der Waals surface area contributed by atoms with Crippen LogP contribution in [0.1, 0.15) is 0 Å². The van der Waals surface area contributed by atoms with Gasteiger partial charge in [0, 0.05) is 31.3 Å². The maximum Gasteiger partial charge on any atom is 0.304 e. The van der Waals surface area contributed by atoms with E-state index in [0.29, 0.717) is 6.07 Å². The number of sulfonamides is 1. The minimum atomic E-state index is -3.81. The van der Waals surface area contributed by atoms with E-state index in [2.05, 4.69) is 0 Å². The molecule has 0 atom stereocenters. The van der Waals surface area contributed by atoms with Crippen LogP contribution in [0, 0.1) is 15.9 Å². The maximum atomic E-state index is 13.3. The number of rotatable bonds is 3. The van der Waals surface area contributed by atoms with E-state index >= 15 is 0 Å². The first-order chi connectivity index (χ1) is 8.32. The zero-order valence-electron chi connectivity index (χ0n) is 9.11. The summed E-state index contributed by atoms with van der Waals surface area (Å²) in [7, 11) is -3.81. The van der Waals surface area contributed by atoms with Crippen molar-refractivity contribution in [1.29, 1.82) is 0 Å². The van der Waals surface area contributed by atoms with Gasteiger partial charge in [-0.2, -0.15) is 8.70 Å². The normalized spacial score (nSPS) is 17.4. The van der Waals surface area contributed by atoms with Gasteiger partial charge in [0.1, 0.15) is 0 Å². The van der Waals surface area contributed by atoms with Crippen LogP contribution in [-0.2, 0) is 10.0 Å². The second kappa shape index (κ2) is 4.26. The Morgan fingerprint density at radius 2 is 2.06 bits per heavy atom. The number of hydrogen-bond donors (Lipinski definition) is 1. The van der Waals surface area contributed by atoms with E-state index in [4.69, 9.17) is 5.73 Å². The van der Waals surface area contributed by atoms with Gasteiger partial charge in [-0.15, -0.1) is 0 Å². The Kier molecular flexibility index (Phi) is 3.05. The highest BCUT2D eigenvalue weighted by molar-refractivity contribution is 7.89. The van der Waals surface area contributed by atoms with E-state index in [1.165, 1.54) is 0 Å². The molecule has 0 aromatic heterocycles. The molecule has 1 aromatic carbocycles. The van der Waals surface area contributed by atoms with Gasteiger partial charge in [0.25, 0.3) is 0 Å². The van der Waals surface area contributed by atoms with Crippen molar-refractivity contribution < 1.29 is 17.7 Å². The lowest BCUT2D eigenvalue weighted by molar-refractivity contribution is -0.387. The smallest absolute Gasteiger partial charge is 0.304 e. The molecule has 98 valence electrons. The zero-order valence-corrected chi connectivity index (χ0v) is 9.93. The summed E-state index contributed by atoms with van der Waals surface area (Å²) in [5.41, 5.74) is 4.71. The number of hydrogen-bond acceptors (Lipinski definition) is 5. The fourth-order valence-electron chi connectivity index (χ4n) is 1.61. The molecule has 0 bridgehead atoms. The third kappa shape index (κ3) is 2.07. The number of nitro benzene ring substituents is 1. The third-order valence-corrected chi connectivity index (χ3v) is 4.46. The van der Waals surface area contributed by atoms with Crippen molar-refractivity contribution in [3.8, 4) is 0 Å². The van der Waals surface area contributed by atoms with Crippen LogP contribution in [0.15, 0.2) is 23.1 Å². The van der Waals surface area contributed by atoms with Crippen LogP contribution >= 0.6 is 0 Å². The molecule has 1 aliphatic rings. The molecule has 0 unspecified atom stereocenters. The Bertz CT molecular complexity index is 598. The molecule has 18 heavy (non-hydrogen) atoms. The molecule has 1 fully saturated rings. The van der Waals surface area contributed by atoms with Gasteiger partial charge in [-0.3, -0.25) is 10.1 Å². The number of benzene rings is 1. The first-order valence-corrected chi connectivity index (χ1v) is 6.46. The van der Waals surface area contributed by atoms with Gasteiger partial charge >= 0.3 is 5.69 Å². The second-order valence-corrected chi connectivity index (χ2v) is 5.89.